The number of carbonyl (C=O) groups excluding carboxylic acids is 1. The Morgan fingerprint density at radius 2 is 1.86 bits per heavy atom. The van der Waals surface area contributed by atoms with Gasteiger partial charge in [-0.05, 0) is 44.0 Å². The van der Waals surface area contributed by atoms with E-state index >= 15 is 0 Å². The Balaban J connectivity index is 2.34. The lowest BCUT2D eigenvalue weighted by Gasteiger charge is -2.17. The zero-order chi connectivity index (χ0) is 15.6. The van der Waals surface area contributed by atoms with Gasteiger partial charge in [0, 0.05) is 11.6 Å². The third kappa shape index (κ3) is 3.29. The minimum Gasteiger partial charge on any atom is -0.360 e. The first-order chi connectivity index (χ1) is 9.90. The second kappa shape index (κ2) is 6.08. The maximum Gasteiger partial charge on any atom is 0.257 e. The summed E-state index contributed by atoms with van der Waals surface area (Å²) in [5, 5.41) is 6.86. The van der Waals surface area contributed by atoms with Crippen molar-refractivity contribution >= 4 is 5.91 Å². The summed E-state index contributed by atoms with van der Waals surface area (Å²) in [4.78, 5) is 12.4. The smallest absolute Gasteiger partial charge is 0.257 e. The summed E-state index contributed by atoms with van der Waals surface area (Å²) in [5.74, 6) is 0.207. The monoisotopic (exact) mass is 290 g/mol. The molecule has 0 aliphatic carbocycles. The highest BCUT2D eigenvalue weighted by Gasteiger charge is 2.23. The number of aromatic nitrogens is 1. The Morgan fingerprint density at radius 1 is 1.24 bits per heavy atom. The standard InChI is InChI=1S/C16H19FN2O2/c1-9(2)10(3)18-16(20)14-11(4)21-19-15(14)12-5-7-13(17)8-6-12/h5-10H,1-4H3,(H,18,20). The van der Waals surface area contributed by atoms with Crippen molar-refractivity contribution < 1.29 is 13.7 Å². The maximum absolute atomic E-state index is 13.0. The first-order valence-corrected chi connectivity index (χ1v) is 6.93. The van der Waals surface area contributed by atoms with Gasteiger partial charge in [-0.3, -0.25) is 4.79 Å². The van der Waals surface area contributed by atoms with Crippen LogP contribution in [0.1, 0.15) is 36.9 Å². The molecule has 2 aromatic rings. The van der Waals surface area contributed by atoms with Gasteiger partial charge >= 0.3 is 0 Å². The van der Waals surface area contributed by atoms with Crippen molar-refractivity contribution in [3.8, 4) is 11.3 Å². The molecule has 5 heteroatoms. The van der Waals surface area contributed by atoms with Gasteiger partial charge in [-0.25, -0.2) is 4.39 Å². The second-order valence-corrected chi connectivity index (χ2v) is 5.48. The molecular formula is C16H19FN2O2. The average Bonchev–Trinajstić information content (AvgIpc) is 2.81. The van der Waals surface area contributed by atoms with E-state index in [1.165, 1.54) is 12.1 Å². The van der Waals surface area contributed by atoms with Gasteiger partial charge in [0.2, 0.25) is 0 Å². The van der Waals surface area contributed by atoms with E-state index in [1.807, 2.05) is 20.8 Å². The van der Waals surface area contributed by atoms with E-state index in [9.17, 15) is 9.18 Å². The predicted octanol–water partition coefficient (Wildman–Crippen LogP) is 3.56. The van der Waals surface area contributed by atoms with E-state index < -0.39 is 0 Å². The summed E-state index contributed by atoms with van der Waals surface area (Å²) in [5.41, 5.74) is 1.48. The number of carbonyl (C=O) groups is 1. The van der Waals surface area contributed by atoms with Gasteiger partial charge < -0.3 is 9.84 Å². The average molecular weight is 290 g/mol. The molecule has 0 saturated heterocycles. The van der Waals surface area contributed by atoms with Crippen LogP contribution in [-0.2, 0) is 0 Å². The molecule has 1 unspecified atom stereocenters. The Hall–Kier alpha value is -2.17. The third-order valence-corrected chi connectivity index (χ3v) is 3.57. The quantitative estimate of drug-likeness (QED) is 0.936. The van der Waals surface area contributed by atoms with Crippen molar-refractivity contribution in [1.82, 2.24) is 10.5 Å². The molecule has 1 amide bonds. The molecule has 0 bridgehead atoms. The number of aryl methyl sites for hydroxylation is 1. The largest absolute Gasteiger partial charge is 0.360 e. The molecule has 0 spiro atoms. The van der Waals surface area contributed by atoms with Crippen LogP contribution in [0.4, 0.5) is 4.39 Å². The van der Waals surface area contributed by atoms with Crippen LogP contribution in [0.2, 0.25) is 0 Å². The zero-order valence-corrected chi connectivity index (χ0v) is 12.6. The van der Waals surface area contributed by atoms with Crippen molar-refractivity contribution in [2.24, 2.45) is 5.92 Å². The summed E-state index contributed by atoms with van der Waals surface area (Å²) in [7, 11) is 0. The van der Waals surface area contributed by atoms with E-state index in [2.05, 4.69) is 10.5 Å². The Morgan fingerprint density at radius 3 is 2.43 bits per heavy atom. The minimum atomic E-state index is -0.335. The summed E-state index contributed by atoms with van der Waals surface area (Å²) in [6.45, 7) is 7.70. The number of amides is 1. The van der Waals surface area contributed by atoms with Gasteiger partial charge in [-0.1, -0.05) is 19.0 Å². The van der Waals surface area contributed by atoms with Crippen LogP contribution in [0.15, 0.2) is 28.8 Å². The van der Waals surface area contributed by atoms with Gasteiger partial charge in [0.25, 0.3) is 5.91 Å². The fourth-order valence-electron chi connectivity index (χ4n) is 1.89. The highest BCUT2D eigenvalue weighted by atomic mass is 19.1. The number of hydrogen-bond acceptors (Lipinski definition) is 3. The summed E-state index contributed by atoms with van der Waals surface area (Å²) in [6, 6.07) is 5.85. The molecule has 0 saturated carbocycles. The van der Waals surface area contributed by atoms with Crippen LogP contribution in [0.25, 0.3) is 11.3 Å². The third-order valence-electron chi connectivity index (χ3n) is 3.57. The molecule has 112 valence electrons. The van der Waals surface area contributed by atoms with E-state index in [-0.39, 0.29) is 17.8 Å². The summed E-state index contributed by atoms with van der Waals surface area (Å²) < 4.78 is 18.1. The molecule has 4 nitrogen and oxygen atoms in total. The molecule has 0 fully saturated rings. The lowest BCUT2D eigenvalue weighted by molar-refractivity contribution is 0.0929. The molecule has 21 heavy (non-hydrogen) atoms. The summed E-state index contributed by atoms with van der Waals surface area (Å²) >= 11 is 0. The van der Waals surface area contributed by atoms with Crippen LogP contribution in [0.5, 0.6) is 0 Å². The molecule has 1 N–H and O–H groups in total. The van der Waals surface area contributed by atoms with Gasteiger partial charge in [0.1, 0.15) is 22.8 Å². The first-order valence-electron chi connectivity index (χ1n) is 6.93. The fraction of sp³-hybridized carbons (Fsp3) is 0.375. The van der Waals surface area contributed by atoms with Gasteiger partial charge in [0.15, 0.2) is 0 Å². The first kappa shape index (κ1) is 15.2. The van der Waals surface area contributed by atoms with Gasteiger partial charge in [0.05, 0.1) is 0 Å². The lowest BCUT2D eigenvalue weighted by atomic mass is 10.0. The Labute approximate surface area is 123 Å². The van der Waals surface area contributed by atoms with Crippen molar-refractivity contribution in [3.63, 3.8) is 0 Å². The molecule has 1 aromatic heterocycles. The number of rotatable bonds is 4. The molecule has 1 heterocycles. The van der Waals surface area contributed by atoms with Crippen molar-refractivity contribution in [2.45, 2.75) is 33.7 Å². The SMILES string of the molecule is Cc1onc(-c2ccc(F)cc2)c1C(=O)NC(C)C(C)C. The number of nitrogens with one attached hydrogen (secondary N) is 1. The maximum atomic E-state index is 13.0. The number of hydrogen-bond donors (Lipinski definition) is 1. The molecule has 0 radical (unpaired) electrons. The molecule has 1 atom stereocenters. The van der Waals surface area contributed by atoms with Crippen molar-refractivity contribution in [2.75, 3.05) is 0 Å². The minimum absolute atomic E-state index is 0.0351. The number of benzene rings is 1. The zero-order valence-electron chi connectivity index (χ0n) is 12.6. The van der Waals surface area contributed by atoms with Crippen LogP contribution < -0.4 is 5.32 Å². The van der Waals surface area contributed by atoms with Crippen molar-refractivity contribution in [1.29, 1.82) is 0 Å². The predicted molar refractivity (Wildman–Crippen MR) is 78.4 cm³/mol. The second-order valence-electron chi connectivity index (χ2n) is 5.48. The fourth-order valence-corrected chi connectivity index (χ4v) is 1.89. The van der Waals surface area contributed by atoms with Gasteiger partial charge in [-0.2, -0.15) is 0 Å². The van der Waals surface area contributed by atoms with E-state index in [0.717, 1.165) is 0 Å². The lowest BCUT2D eigenvalue weighted by Crippen LogP contribution is -2.36. The van der Waals surface area contributed by atoms with E-state index in [4.69, 9.17) is 4.52 Å². The molecule has 0 aliphatic heterocycles. The molecule has 1 aromatic carbocycles. The van der Waals surface area contributed by atoms with Crippen molar-refractivity contribution in [3.05, 3.63) is 41.4 Å². The topological polar surface area (TPSA) is 55.1 Å². The normalized spacial score (nSPS) is 12.5. The highest BCUT2D eigenvalue weighted by molar-refractivity contribution is 6.00. The van der Waals surface area contributed by atoms with E-state index in [0.29, 0.717) is 28.5 Å². The number of halogens is 1. The Bertz CT molecular complexity index is 632. The van der Waals surface area contributed by atoms with Crippen LogP contribution in [-0.4, -0.2) is 17.1 Å². The Kier molecular flexibility index (Phi) is 4.40. The molecule has 0 aliphatic rings. The molecule has 2 rings (SSSR count). The van der Waals surface area contributed by atoms with Crippen LogP contribution in [0, 0.1) is 18.7 Å². The van der Waals surface area contributed by atoms with Gasteiger partial charge in [-0.15, -0.1) is 0 Å². The summed E-state index contributed by atoms with van der Waals surface area (Å²) in [6.07, 6.45) is 0. The number of nitrogens with zero attached hydrogens (tertiary/aromatic N) is 1. The van der Waals surface area contributed by atoms with E-state index in [1.54, 1.807) is 19.1 Å². The van der Waals surface area contributed by atoms with Crippen LogP contribution >= 0.6 is 0 Å². The highest BCUT2D eigenvalue weighted by Crippen LogP contribution is 2.25. The molecular weight excluding hydrogens is 271 g/mol. The van der Waals surface area contributed by atoms with Crippen LogP contribution in [0.3, 0.4) is 0 Å².